The van der Waals surface area contributed by atoms with Crippen molar-refractivity contribution >= 4 is 5.82 Å². The van der Waals surface area contributed by atoms with E-state index in [4.69, 9.17) is 0 Å². The van der Waals surface area contributed by atoms with Gasteiger partial charge in [0.25, 0.3) is 0 Å². The zero-order valence-corrected chi connectivity index (χ0v) is 13.0. The Morgan fingerprint density at radius 1 is 1.21 bits per heavy atom. The number of pyridine rings is 1. The fourth-order valence-corrected chi connectivity index (χ4v) is 1.75. The summed E-state index contributed by atoms with van der Waals surface area (Å²) in [5.41, 5.74) is 1.29. The van der Waals surface area contributed by atoms with Crippen LogP contribution >= 0.6 is 0 Å². The molecule has 0 amide bonds. The monoisotopic (exact) mass is 264 g/mol. The van der Waals surface area contributed by atoms with Crippen molar-refractivity contribution in [3.05, 3.63) is 23.9 Å². The second-order valence-electron chi connectivity index (χ2n) is 5.77. The van der Waals surface area contributed by atoms with Crippen LogP contribution in [0.1, 0.15) is 19.4 Å². The van der Waals surface area contributed by atoms with E-state index in [0.29, 0.717) is 5.92 Å². The van der Waals surface area contributed by atoms with Gasteiger partial charge in [-0.15, -0.1) is 0 Å². The molecule has 0 saturated heterocycles. The molecule has 0 atom stereocenters. The van der Waals surface area contributed by atoms with Crippen LogP contribution in [0.25, 0.3) is 0 Å². The summed E-state index contributed by atoms with van der Waals surface area (Å²) in [4.78, 5) is 8.83. The van der Waals surface area contributed by atoms with Crippen LogP contribution in [0.4, 0.5) is 5.82 Å². The second kappa shape index (κ2) is 8.12. The highest BCUT2D eigenvalue weighted by Gasteiger charge is 2.04. The SMILES string of the molecule is CC(C)CNCc1ccnc(N(C)CCN(C)C)c1. The zero-order valence-electron chi connectivity index (χ0n) is 13.0. The van der Waals surface area contributed by atoms with E-state index in [2.05, 4.69) is 67.2 Å². The third kappa shape index (κ3) is 6.55. The topological polar surface area (TPSA) is 31.4 Å². The molecular weight excluding hydrogens is 236 g/mol. The molecule has 0 spiro atoms. The quantitative estimate of drug-likeness (QED) is 0.776. The van der Waals surface area contributed by atoms with Gasteiger partial charge in [0.05, 0.1) is 0 Å². The molecule has 0 aliphatic heterocycles. The van der Waals surface area contributed by atoms with E-state index in [9.17, 15) is 0 Å². The van der Waals surface area contributed by atoms with Crippen molar-refractivity contribution < 1.29 is 0 Å². The molecule has 1 heterocycles. The van der Waals surface area contributed by atoms with E-state index >= 15 is 0 Å². The lowest BCUT2D eigenvalue weighted by atomic mass is 10.2. The lowest BCUT2D eigenvalue weighted by Crippen LogP contribution is -2.29. The van der Waals surface area contributed by atoms with Gasteiger partial charge < -0.3 is 15.1 Å². The van der Waals surface area contributed by atoms with Crippen molar-refractivity contribution in [3.63, 3.8) is 0 Å². The average Bonchev–Trinajstić information content (AvgIpc) is 2.36. The molecule has 1 aromatic rings. The number of hydrogen-bond acceptors (Lipinski definition) is 4. The number of rotatable bonds is 8. The normalized spacial score (nSPS) is 11.3. The van der Waals surface area contributed by atoms with Crippen molar-refractivity contribution in [2.24, 2.45) is 5.92 Å². The smallest absolute Gasteiger partial charge is 0.128 e. The van der Waals surface area contributed by atoms with Crippen LogP contribution in [0, 0.1) is 5.92 Å². The molecular formula is C15H28N4. The van der Waals surface area contributed by atoms with Gasteiger partial charge in [-0.1, -0.05) is 13.8 Å². The Kier molecular flexibility index (Phi) is 6.81. The highest BCUT2D eigenvalue weighted by molar-refractivity contribution is 5.40. The fourth-order valence-electron chi connectivity index (χ4n) is 1.75. The van der Waals surface area contributed by atoms with Crippen molar-refractivity contribution in [1.29, 1.82) is 0 Å². The molecule has 108 valence electrons. The maximum absolute atomic E-state index is 4.44. The number of hydrogen-bond donors (Lipinski definition) is 1. The summed E-state index contributed by atoms with van der Waals surface area (Å²) < 4.78 is 0. The highest BCUT2D eigenvalue weighted by atomic mass is 15.2. The molecule has 4 heteroatoms. The molecule has 0 radical (unpaired) electrons. The van der Waals surface area contributed by atoms with Crippen LogP contribution < -0.4 is 10.2 Å². The van der Waals surface area contributed by atoms with Gasteiger partial charge in [-0.25, -0.2) is 4.98 Å². The van der Waals surface area contributed by atoms with Crippen LogP contribution in [-0.4, -0.2) is 50.7 Å². The summed E-state index contributed by atoms with van der Waals surface area (Å²) in [6.45, 7) is 8.43. The zero-order chi connectivity index (χ0) is 14.3. The summed E-state index contributed by atoms with van der Waals surface area (Å²) >= 11 is 0. The number of anilines is 1. The molecule has 0 bridgehead atoms. The van der Waals surface area contributed by atoms with E-state index < -0.39 is 0 Å². The van der Waals surface area contributed by atoms with E-state index in [0.717, 1.165) is 32.0 Å². The molecule has 0 aromatic carbocycles. The van der Waals surface area contributed by atoms with Crippen molar-refractivity contribution in [1.82, 2.24) is 15.2 Å². The number of likely N-dealkylation sites (N-methyl/N-ethyl adjacent to an activating group) is 2. The Morgan fingerprint density at radius 3 is 2.58 bits per heavy atom. The lowest BCUT2D eigenvalue weighted by Gasteiger charge is -2.21. The van der Waals surface area contributed by atoms with Crippen molar-refractivity contribution in [2.45, 2.75) is 20.4 Å². The van der Waals surface area contributed by atoms with Gasteiger partial charge in [-0.2, -0.15) is 0 Å². The molecule has 0 fully saturated rings. The number of aromatic nitrogens is 1. The molecule has 19 heavy (non-hydrogen) atoms. The maximum Gasteiger partial charge on any atom is 0.128 e. The summed E-state index contributed by atoms with van der Waals surface area (Å²) in [5.74, 6) is 1.73. The van der Waals surface area contributed by atoms with Crippen molar-refractivity contribution in [2.75, 3.05) is 45.7 Å². The van der Waals surface area contributed by atoms with E-state index in [1.54, 1.807) is 0 Å². The molecule has 1 rings (SSSR count). The first kappa shape index (κ1) is 15.9. The molecule has 4 nitrogen and oxygen atoms in total. The maximum atomic E-state index is 4.44. The van der Waals surface area contributed by atoms with Crippen LogP contribution in [0.3, 0.4) is 0 Å². The predicted octanol–water partition coefficient (Wildman–Crippen LogP) is 1.82. The molecule has 0 unspecified atom stereocenters. The third-order valence-electron chi connectivity index (χ3n) is 2.97. The number of nitrogens with one attached hydrogen (secondary N) is 1. The number of nitrogens with zero attached hydrogens (tertiary/aromatic N) is 3. The fraction of sp³-hybridized carbons (Fsp3) is 0.667. The Balaban J connectivity index is 2.51. The molecule has 0 aliphatic rings. The first-order valence-electron chi connectivity index (χ1n) is 7.00. The molecule has 0 saturated carbocycles. The summed E-state index contributed by atoms with van der Waals surface area (Å²) in [6, 6.07) is 4.25. The second-order valence-corrected chi connectivity index (χ2v) is 5.77. The van der Waals surface area contributed by atoms with E-state index in [1.165, 1.54) is 5.56 Å². The lowest BCUT2D eigenvalue weighted by molar-refractivity contribution is 0.416. The minimum Gasteiger partial charge on any atom is -0.358 e. The van der Waals surface area contributed by atoms with Gasteiger partial charge in [-0.05, 0) is 44.3 Å². The average molecular weight is 264 g/mol. The Bertz CT molecular complexity index is 363. The van der Waals surface area contributed by atoms with Gasteiger partial charge in [0, 0.05) is 32.9 Å². The summed E-state index contributed by atoms with van der Waals surface area (Å²) in [6.07, 6.45) is 1.90. The first-order valence-corrected chi connectivity index (χ1v) is 7.00. The largest absolute Gasteiger partial charge is 0.358 e. The van der Waals surface area contributed by atoms with E-state index in [1.807, 2.05) is 6.20 Å². The van der Waals surface area contributed by atoms with Gasteiger partial charge >= 0.3 is 0 Å². The van der Waals surface area contributed by atoms with Gasteiger partial charge in [0.15, 0.2) is 0 Å². The molecule has 1 aromatic heterocycles. The minimum atomic E-state index is 0.684. The van der Waals surface area contributed by atoms with Crippen LogP contribution in [0.5, 0.6) is 0 Å². The van der Waals surface area contributed by atoms with Crippen molar-refractivity contribution in [3.8, 4) is 0 Å². The Labute approximate surface area is 117 Å². The van der Waals surface area contributed by atoms with Gasteiger partial charge in [0.2, 0.25) is 0 Å². The minimum absolute atomic E-state index is 0.684. The first-order chi connectivity index (χ1) is 8.99. The third-order valence-corrected chi connectivity index (χ3v) is 2.97. The van der Waals surface area contributed by atoms with Crippen LogP contribution in [0.2, 0.25) is 0 Å². The van der Waals surface area contributed by atoms with Gasteiger partial charge in [-0.3, -0.25) is 0 Å². The Hall–Kier alpha value is -1.13. The Morgan fingerprint density at radius 2 is 1.95 bits per heavy atom. The van der Waals surface area contributed by atoms with Crippen LogP contribution in [0.15, 0.2) is 18.3 Å². The predicted molar refractivity (Wildman–Crippen MR) is 82.6 cm³/mol. The van der Waals surface area contributed by atoms with Crippen LogP contribution in [-0.2, 0) is 6.54 Å². The molecule has 1 N–H and O–H groups in total. The van der Waals surface area contributed by atoms with E-state index in [-0.39, 0.29) is 0 Å². The standard InChI is InChI=1S/C15H28N4/c1-13(2)11-16-12-14-6-7-17-15(10-14)19(5)9-8-18(3)4/h6-7,10,13,16H,8-9,11-12H2,1-5H3. The summed E-state index contributed by atoms with van der Waals surface area (Å²) in [5, 5.41) is 3.46. The highest BCUT2D eigenvalue weighted by Crippen LogP contribution is 2.11. The van der Waals surface area contributed by atoms with Gasteiger partial charge in [0.1, 0.15) is 5.82 Å². The summed E-state index contributed by atoms with van der Waals surface area (Å²) in [7, 11) is 6.28. The molecule has 0 aliphatic carbocycles.